The van der Waals surface area contributed by atoms with Gasteiger partial charge in [-0.2, -0.15) is 13.2 Å². The molecule has 0 unspecified atom stereocenters. The maximum absolute atomic E-state index is 12.7. The molecule has 2 aromatic heterocycles. The normalized spacial score (nSPS) is 11.8. The molecular weight excluding hydrogens is 217 g/mol. The van der Waals surface area contributed by atoms with Gasteiger partial charge in [-0.1, -0.05) is 6.07 Å². The Hall–Kier alpha value is -1.78. The molecule has 0 saturated carbocycles. The minimum absolute atomic E-state index is 0.0191. The summed E-state index contributed by atoms with van der Waals surface area (Å²) >= 11 is 0. The van der Waals surface area contributed by atoms with Crippen molar-refractivity contribution in [1.29, 1.82) is 0 Å². The number of hydrogen-bond acceptors (Lipinski definition) is 1. The Labute approximate surface area is 90.1 Å². The first-order valence-electron chi connectivity index (χ1n) is 4.66. The van der Waals surface area contributed by atoms with E-state index < -0.39 is 11.7 Å². The predicted octanol–water partition coefficient (Wildman–Crippen LogP) is 3.40. The van der Waals surface area contributed by atoms with Crippen molar-refractivity contribution in [2.45, 2.75) is 13.1 Å². The summed E-state index contributed by atoms with van der Waals surface area (Å²) in [5.74, 6) is 0. The van der Waals surface area contributed by atoms with Gasteiger partial charge in [-0.15, -0.1) is 0 Å². The molecule has 0 aromatic carbocycles. The number of aromatic amines is 1. The molecule has 2 nitrogen and oxygen atoms in total. The van der Waals surface area contributed by atoms with E-state index in [1.807, 2.05) is 0 Å². The van der Waals surface area contributed by atoms with Crippen molar-refractivity contribution < 1.29 is 13.2 Å². The summed E-state index contributed by atoms with van der Waals surface area (Å²) in [5.41, 5.74) is 0.102. The largest absolute Gasteiger partial charge is 0.418 e. The highest BCUT2D eigenvalue weighted by Crippen LogP contribution is 2.36. The fraction of sp³-hybridized carbons (Fsp3) is 0.182. The van der Waals surface area contributed by atoms with Crippen LogP contribution in [0.5, 0.6) is 0 Å². The third-order valence-electron chi connectivity index (χ3n) is 2.18. The molecule has 0 aliphatic rings. The first-order valence-corrected chi connectivity index (χ1v) is 4.66. The van der Waals surface area contributed by atoms with Crippen LogP contribution in [0, 0.1) is 6.92 Å². The smallest absolute Gasteiger partial charge is 0.357 e. The molecule has 84 valence electrons. The van der Waals surface area contributed by atoms with Gasteiger partial charge in [0.2, 0.25) is 0 Å². The predicted molar refractivity (Wildman–Crippen MR) is 53.8 cm³/mol. The Bertz CT molecular complexity index is 486. The molecule has 0 bridgehead atoms. The molecule has 0 spiro atoms. The van der Waals surface area contributed by atoms with E-state index in [9.17, 15) is 13.2 Å². The summed E-state index contributed by atoms with van der Waals surface area (Å²) in [6, 6.07) is 5.94. The fourth-order valence-corrected chi connectivity index (χ4v) is 1.53. The summed E-state index contributed by atoms with van der Waals surface area (Å²) in [5, 5.41) is 0. The van der Waals surface area contributed by atoms with Crippen molar-refractivity contribution >= 4 is 0 Å². The van der Waals surface area contributed by atoms with Crippen LogP contribution in [0.25, 0.3) is 11.4 Å². The van der Waals surface area contributed by atoms with E-state index in [1.165, 1.54) is 6.20 Å². The van der Waals surface area contributed by atoms with Gasteiger partial charge >= 0.3 is 6.18 Å². The number of alkyl halides is 3. The number of aromatic nitrogens is 2. The molecule has 0 saturated heterocycles. The van der Waals surface area contributed by atoms with Crippen LogP contribution in [0.1, 0.15) is 11.3 Å². The Morgan fingerprint density at radius 1 is 1.25 bits per heavy atom. The lowest BCUT2D eigenvalue weighted by atomic mass is 10.1. The minimum atomic E-state index is -4.36. The highest BCUT2D eigenvalue weighted by molar-refractivity contribution is 5.61. The molecule has 0 amide bonds. The molecular formula is C11H9F3N2. The molecule has 0 aliphatic heterocycles. The van der Waals surface area contributed by atoms with Gasteiger partial charge in [0.05, 0.1) is 17.0 Å². The first-order chi connectivity index (χ1) is 7.48. The molecule has 2 aromatic rings. The summed E-state index contributed by atoms with van der Waals surface area (Å²) in [7, 11) is 0. The first kappa shape index (κ1) is 10.7. The second-order valence-corrected chi connectivity index (χ2v) is 3.45. The highest BCUT2D eigenvalue weighted by atomic mass is 19.4. The zero-order valence-electron chi connectivity index (χ0n) is 8.47. The molecule has 0 atom stereocenters. The number of rotatable bonds is 1. The number of nitrogens with zero attached hydrogens (tertiary/aromatic N) is 1. The van der Waals surface area contributed by atoms with Crippen molar-refractivity contribution in [1.82, 2.24) is 9.97 Å². The summed E-state index contributed by atoms with van der Waals surface area (Å²) in [6.07, 6.45) is -2.90. The zero-order chi connectivity index (χ0) is 11.8. The maximum Gasteiger partial charge on any atom is 0.418 e. The van der Waals surface area contributed by atoms with Crippen LogP contribution in [-0.2, 0) is 6.18 Å². The van der Waals surface area contributed by atoms with Gasteiger partial charge in [0.1, 0.15) is 0 Å². The Balaban J connectivity index is 2.58. The molecule has 16 heavy (non-hydrogen) atoms. The number of hydrogen-bond donors (Lipinski definition) is 1. The lowest BCUT2D eigenvalue weighted by Gasteiger charge is -2.06. The Morgan fingerprint density at radius 3 is 2.56 bits per heavy atom. The molecule has 5 heteroatoms. The van der Waals surface area contributed by atoms with Gasteiger partial charge in [0.25, 0.3) is 0 Å². The van der Waals surface area contributed by atoms with Crippen molar-refractivity contribution in [3.63, 3.8) is 0 Å². The molecule has 0 fully saturated rings. The molecule has 0 radical (unpaired) electrons. The van der Waals surface area contributed by atoms with Crippen LogP contribution in [-0.4, -0.2) is 9.97 Å². The van der Waals surface area contributed by atoms with E-state index in [-0.39, 0.29) is 5.69 Å². The van der Waals surface area contributed by atoms with Crippen molar-refractivity contribution in [2.24, 2.45) is 0 Å². The van der Waals surface area contributed by atoms with E-state index >= 15 is 0 Å². The molecule has 0 aliphatic carbocycles. The number of aryl methyl sites for hydroxylation is 1. The highest BCUT2D eigenvalue weighted by Gasteiger charge is 2.35. The van der Waals surface area contributed by atoms with Crippen LogP contribution in [0.3, 0.4) is 0 Å². The molecule has 1 N–H and O–H groups in total. The molecule has 2 rings (SSSR count). The van der Waals surface area contributed by atoms with E-state index in [0.717, 1.165) is 6.07 Å². The van der Waals surface area contributed by atoms with Crippen LogP contribution >= 0.6 is 0 Å². The van der Waals surface area contributed by atoms with Crippen molar-refractivity contribution in [2.75, 3.05) is 0 Å². The summed E-state index contributed by atoms with van der Waals surface area (Å²) in [4.78, 5) is 6.59. The average molecular weight is 226 g/mol. The van der Waals surface area contributed by atoms with Crippen molar-refractivity contribution in [3.05, 3.63) is 41.7 Å². The Morgan fingerprint density at radius 2 is 2.00 bits per heavy atom. The van der Waals surface area contributed by atoms with Gasteiger partial charge < -0.3 is 4.98 Å². The van der Waals surface area contributed by atoms with E-state index in [2.05, 4.69) is 9.97 Å². The third-order valence-corrected chi connectivity index (χ3v) is 2.18. The van der Waals surface area contributed by atoms with E-state index in [1.54, 1.807) is 25.1 Å². The van der Waals surface area contributed by atoms with E-state index in [4.69, 9.17) is 0 Å². The van der Waals surface area contributed by atoms with Crippen LogP contribution in [0.2, 0.25) is 0 Å². The second-order valence-electron chi connectivity index (χ2n) is 3.45. The van der Waals surface area contributed by atoms with Gasteiger partial charge in [-0.25, -0.2) is 0 Å². The number of halogens is 3. The topological polar surface area (TPSA) is 28.7 Å². The van der Waals surface area contributed by atoms with Crippen molar-refractivity contribution in [3.8, 4) is 11.4 Å². The van der Waals surface area contributed by atoms with Gasteiger partial charge in [0.15, 0.2) is 0 Å². The lowest BCUT2D eigenvalue weighted by Crippen LogP contribution is -2.05. The minimum Gasteiger partial charge on any atom is -0.357 e. The number of nitrogens with one attached hydrogen (secondary N) is 1. The van der Waals surface area contributed by atoms with Gasteiger partial charge in [-0.05, 0) is 25.1 Å². The quantitative estimate of drug-likeness (QED) is 0.793. The van der Waals surface area contributed by atoms with E-state index in [0.29, 0.717) is 11.4 Å². The van der Waals surface area contributed by atoms with Gasteiger partial charge in [0, 0.05) is 11.9 Å². The van der Waals surface area contributed by atoms with Crippen LogP contribution in [0.15, 0.2) is 30.5 Å². The van der Waals surface area contributed by atoms with Crippen LogP contribution in [0.4, 0.5) is 13.2 Å². The van der Waals surface area contributed by atoms with Gasteiger partial charge in [-0.3, -0.25) is 4.98 Å². The zero-order valence-corrected chi connectivity index (χ0v) is 8.47. The Kier molecular flexibility index (Phi) is 2.46. The van der Waals surface area contributed by atoms with Crippen LogP contribution < -0.4 is 0 Å². The standard InChI is InChI=1S/C11H9F3N2/c1-7-6-8(11(12,13)14)10(16-7)9-4-2-3-5-15-9/h2-6,16H,1H3. The third kappa shape index (κ3) is 1.93. The lowest BCUT2D eigenvalue weighted by molar-refractivity contribution is -0.137. The number of pyridine rings is 1. The fourth-order valence-electron chi connectivity index (χ4n) is 1.53. The molecule has 2 heterocycles. The maximum atomic E-state index is 12.7. The summed E-state index contributed by atoms with van der Waals surface area (Å²) in [6.45, 7) is 1.58. The average Bonchev–Trinajstić information content (AvgIpc) is 2.61. The summed E-state index contributed by atoms with van der Waals surface area (Å²) < 4.78 is 38.1. The SMILES string of the molecule is Cc1cc(C(F)(F)F)c(-c2ccccn2)[nH]1. The second kappa shape index (κ2) is 3.66. The monoisotopic (exact) mass is 226 g/mol. The number of H-pyrrole nitrogens is 1.